The van der Waals surface area contributed by atoms with Gasteiger partial charge in [0.15, 0.2) is 0 Å². The van der Waals surface area contributed by atoms with Crippen molar-refractivity contribution in [3.8, 4) is 11.3 Å². The number of halogens is 3. The minimum absolute atomic E-state index is 0.302. The standard InChI is InChI=1S/C16H11F3N2O/c17-16(18,19)11-5-1-3-9(7-11)13-8-10-4-2-6-12(15(20)22)14(10)21-13/h1-8,21H,(H2,20,22). The molecule has 6 heteroatoms. The Morgan fingerprint density at radius 3 is 2.45 bits per heavy atom. The SMILES string of the molecule is NC(=O)c1cccc2cc(-c3cccc(C(F)(F)F)c3)[nH]c12. The maximum atomic E-state index is 12.8. The van der Waals surface area contributed by atoms with E-state index in [0.29, 0.717) is 27.7 Å². The molecule has 2 aromatic carbocycles. The average Bonchev–Trinajstić information content (AvgIpc) is 2.90. The molecule has 0 bridgehead atoms. The van der Waals surface area contributed by atoms with E-state index >= 15 is 0 Å². The van der Waals surface area contributed by atoms with Crippen molar-refractivity contribution in [2.24, 2.45) is 5.73 Å². The lowest BCUT2D eigenvalue weighted by Crippen LogP contribution is -2.11. The van der Waals surface area contributed by atoms with E-state index in [4.69, 9.17) is 5.73 Å². The van der Waals surface area contributed by atoms with Gasteiger partial charge in [-0.15, -0.1) is 0 Å². The molecule has 1 amide bonds. The molecule has 0 atom stereocenters. The van der Waals surface area contributed by atoms with Crippen LogP contribution in [0, 0.1) is 0 Å². The topological polar surface area (TPSA) is 58.9 Å². The van der Waals surface area contributed by atoms with Gasteiger partial charge < -0.3 is 10.7 Å². The van der Waals surface area contributed by atoms with Crippen LogP contribution in [0.4, 0.5) is 13.2 Å². The molecule has 0 aliphatic rings. The number of carbonyl (C=O) groups is 1. The quantitative estimate of drug-likeness (QED) is 0.740. The Hall–Kier alpha value is -2.76. The molecule has 1 heterocycles. The second-order valence-corrected chi connectivity index (χ2v) is 4.90. The second kappa shape index (κ2) is 4.91. The van der Waals surface area contributed by atoms with Crippen molar-refractivity contribution in [2.75, 3.05) is 0 Å². The summed E-state index contributed by atoms with van der Waals surface area (Å²) in [7, 11) is 0. The summed E-state index contributed by atoms with van der Waals surface area (Å²) in [6, 6.07) is 11.7. The monoisotopic (exact) mass is 304 g/mol. The summed E-state index contributed by atoms with van der Waals surface area (Å²) < 4.78 is 38.4. The van der Waals surface area contributed by atoms with E-state index in [0.717, 1.165) is 12.1 Å². The molecule has 0 aliphatic heterocycles. The zero-order valence-electron chi connectivity index (χ0n) is 11.2. The molecule has 0 saturated carbocycles. The van der Waals surface area contributed by atoms with Crippen LogP contribution in [0.3, 0.4) is 0 Å². The number of benzene rings is 2. The number of para-hydroxylation sites is 1. The number of aromatic nitrogens is 1. The number of alkyl halides is 3. The molecule has 0 radical (unpaired) electrons. The number of hydrogen-bond acceptors (Lipinski definition) is 1. The normalized spacial score (nSPS) is 11.8. The zero-order chi connectivity index (χ0) is 15.9. The van der Waals surface area contributed by atoms with Gasteiger partial charge in [-0.3, -0.25) is 4.79 Å². The van der Waals surface area contributed by atoms with Gasteiger partial charge in [0.2, 0.25) is 0 Å². The fourth-order valence-electron chi connectivity index (χ4n) is 2.38. The molecule has 3 nitrogen and oxygen atoms in total. The second-order valence-electron chi connectivity index (χ2n) is 4.90. The number of nitrogens with two attached hydrogens (primary N) is 1. The largest absolute Gasteiger partial charge is 0.416 e. The minimum atomic E-state index is -4.40. The summed E-state index contributed by atoms with van der Waals surface area (Å²) in [6.07, 6.45) is -4.40. The molecule has 0 unspecified atom stereocenters. The van der Waals surface area contributed by atoms with Crippen LogP contribution in [0.1, 0.15) is 15.9 Å². The number of nitrogens with one attached hydrogen (secondary N) is 1. The van der Waals surface area contributed by atoms with Crippen molar-refractivity contribution < 1.29 is 18.0 Å². The van der Waals surface area contributed by atoms with Crippen molar-refractivity contribution in [1.29, 1.82) is 0 Å². The van der Waals surface area contributed by atoms with Gasteiger partial charge >= 0.3 is 6.18 Å². The maximum absolute atomic E-state index is 12.8. The van der Waals surface area contributed by atoms with Crippen LogP contribution in [-0.4, -0.2) is 10.9 Å². The highest BCUT2D eigenvalue weighted by Gasteiger charge is 2.30. The molecule has 22 heavy (non-hydrogen) atoms. The highest BCUT2D eigenvalue weighted by molar-refractivity contribution is 6.06. The van der Waals surface area contributed by atoms with E-state index in [2.05, 4.69) is 4.98 Å². The van der Waals surface area contributed by atoms with Crippen LogP contribution in [0.2, 0.25) is 0 Å². The van der Waals surface area contributed by atoms with Crippen LogP contribution in [0.15, 0.2) is 48.5 Å². The summed E-state index contributed by atoms with van der Waals surface area (Å²) in [5, 5.41) is 0.712. The summed E-state index contributed by atoms with van der Waals surface area (Å²) in [5.74, 6) is -0.594. The summed E-state index contributed by atoms with van der Waals surface area (Å²) in [5.41, 5.74) is 6.28. The molecule has 0 aliphatic carbocycles. The fraction of sp³-hybridized carbons (Fsp3) is 0.0625. The number of fused-ring (bicyclic) bond motifs is 1. The number of primary amides is 1. The Morgan fingerprint density at radius 2 is 1.77 bits per heavy atom. The maximum Gasteiger partial charge on any atom is 0.416 e. The fourth-order valence-corrected chi connectivity index (χ4v) is 2.38. The van der Waals surface area contributed by atoms with Crippen molar-refractivity contribution >= 4 is 16.8 Å². The molecule has 3 rings (SSSR count). The van der Waals surface area contributed by atoms with E-state index in [1.165, 1.54) is 6.07 Å². The third-order valence-electron chi connectivity index (χ3n) is 3.42. The number of aromatic amines is 1. The van der Waals surface area contributed by atoms with E-state index in [1.54, 1.807) is 30.3 Å². The Morgan fingerprint density at radius 1 is 1.05 bits per heavy atom. The van der Waals surface area contributed by atoms with Crippen LogP contribution in [-0.2, 0) is 6.18 Å². The molecule has 0 saturated heterocycles. The lowest BCUT2D eigenvalue weighted by atomic mass is 10.1. The first kappa shape index (κ1) is 14.2. The Kier molecular flexibility index (Phi) is 3.16. The smallest absolute Gasteiger partial charge is 0.366 e. The first-order chi connectivity index (χ1) is 10.4. The van der Waals surface area contributed by atoms with Crippen molar-refractivity contribution in [3.63, 3.8) is 0 Å². The van der Waals surface area contributed by atoms with E-state index in [9.17, 15) is 18.0 Å². The number of amides is 1. The average molecular weight is 304 g/mol. The van der Waals surface area contributed by atoms with Crippen molar-refractivity contribution in [3.05, 3.63) is 59.7 Å². The first-order valence-electron chi connectivity index (χ1n) is 6.45. The molecular formula is C16H11F3N2O. The van der Waals surface area contributed by atoms with E-state index < -0.39 is 17.6 Å². The summed E-state index contributed by atoms with van der Waals surface area (Å²) >= 11 is 0. The number of rotatable bonds is 2. The minimum Gasteiger partial charge on any atom is -0.366 e. The number of H-pyrrole nitrogens is 1. The molecule has 3 aromatic rings. The van der Waals surface area contributed by atoms with Gasteiger partial charge in [0.1, 0.15) is 0 Å². The summed E-state index contributed by atoms with van der Waals surface area (Å²) in [6.45, 7) is 0. The lowest BCUT2D eigenvalue weighted by Gasteiger charge is -2.07. The zero-order valence-corrected chi connectivity index (χ0v) is 11.2. The molecular weight excluding hydrogens is 293 g/mol. The first-order valence-corrected chi connectivity index (χ1v) is 6.45. The Bertz CT molecular complexity index is 865. The van der Waals surface area contributed by atoms with Gasteiger partial charge in [0.05, 0.1) is 16.6 Å². The highest BCUT2D eigenvalue weighted by Crippen LogP contribution is 2.33. The Labute approximate surface area is 123 Å². The highest BCUT2D eigenvalue weighted by atomic mass is 19.4. The predicted octanol–water partition coefficient (Wildman–Crippen LogP) is 3.95. The van der Waals surface area contributed by atoms with Crippen LogP contribution < -0.4 is 5.73 Å². The van der Waals surface area contributed by atoms with Gasteiger partial charge in [0.25, 0.3) is 5.91 Å². The van der Waals surface area contributed by atoms with Gasteiger partial charge in [0, 0.05) is 11.1 Å². The van der Waals surface area contributed by atoms with Crippen molar-refractivity contribution in [1.82, 2.24) is 4.98 Å². The lowest BCUT2D eigenvalue weighted by molar-refractivity contribution is -0.137. The summed E-state index contributed by atoms with van der Waals surface area (Å²) in [4.78, 5) is 14.4. The predicted molar refractivity (Wildman–Crippen MR) is 77.3 cm³/mol. The van der Waals surface area contributed by atoms with Gasteiger partial charge in [-0.1, -0.05) is 24.3 Å². The van der Waals surface area contributed by atoms with Crippen molar-refractivity contribution in [2.45, 2.75) is 6.18 Å². The third kappa shape index (κ3) is 2.43. The molecule has 3 N–H and O–H groups in total. The molecule has 112 valence electrons. The molecule has 1 aromatic heterocycles. The van der Waals surface area contributed by atoms with E-state index in [-0.39, 0.29) is 0 Å². The van der Waals surface area contributed by atoms with Crippen LogP contribution in [0.25, 0.3) is 22.2 Å². The number of hydrogen-bond donors (Lipinski definition) is 2. The van der Waals surface area contributed by atoms with Gasteiger partial charge in [-0.2, -0.15) is 13.2 Å². The molecule has 0 fully saturated rings. The number of carbonyl (C=O) groups excluding carboxylic acids is 1. The van der Waals surface area contributed by atoms with E-state index in [1.807, 2.05) is 0 Å². The van der Waals surface area contributed by atoms with Gasteiger partial charge in [-0.05, 0) is 29.8 Å². The van der Waals surface area contributed by atoms with Crippen LogP contribution >= 0.6 is 0 Å². The molecule has 0 spiro atoms. The third-order valence-corrected chi connectivity index (χ3v) is 3.42. The van der Waals surface area contributed by atoms with Gasteiger partial charge in [-0.25, -0.2) is 0 Å². The van der Waals surface area contributed by atoms with Crippen LogP contribution in [0.5, 0.6) is 0 Å². The Balaban J connectivity index is 2.15.